The zero-order valence-electron chi connectivity index (χ0n) is 24.4. The minimum Gasteiger partial charge on any atom is -0.495 e. The molecular weight excluding hydrogens is 540 g/mol. The minimum absolute atomic E-state index is 0.0786. The molecule has 0 fully saturated rings. The topological polar surface area (TPSA) is 135 Å². The molecule has 0 bridgehead atoms. The van der Waals surface area contributed by atoms with Crippen LogP contribution < -0.4 is 20.1 Å². The number of urea groups is 1. The van der Waals surface area contributed by atoms with Crippen molar-refractivity contribution in [2.45, 2.75) is 26.0 Å². The number of aromatic nitrogens is 2. The molecule has 0 aliphatic carbocycles. The van der Waals surface area contributed by atoms with Gasteiger partial charge in [0, 0.05) is 57.3 Å². The molecule has 12 heteroatoms. The number of hydrogen-bond acceptors (Lipinski definition) is 8. The van der Waals surface area contributed by atoms with Gasteiger partial charge in [-0.05, 0) is 31.2 Å². The van der Waals surface area contributed by atoms with E-state index >= 15 is 0 Å². The highest BCUT2D eigenvalue weighted by Gasteiger charge is 2.31. The second kappa shape index (κ2) is 13.8. The average Bonchev–Trinajstić information content (AvgIpc) is 3.00. The van der Waals surface area contributed by atoms with Crippen molar-refractivity contribution in [3.05, 3.63) is 72.3 Å². The van der Waals surface area contributed by atoms with Gasteiger partial charge in [-0.15, -0.1) is 0 Å². The fourth-order valence-corrected chi connectivity index (χ4v) is 4.68. The predicted molar refractivity (Wildman–Crippen MR) is 157 cm³/mol. The van der Waals surface area contributed by atoms with E-state index in [2.05, 4.69) is 20.6 Å². The molecule has 222 valence electrons. The standard InChI is InChI=1S/C30H36N6O6/c1-19-16-36(30(39)34-23-8-6-7-9-25(23)40-4)20(2)18-42-26-14-21(33-28(37)24-15-31-12-13-32-24)10-11-22(26)29(38)35(3)17-27(19)41-5/h6-15,19-20,27H,16-18H2,1-5H3,(H,33,37)(H,34,39)/t19-,20-,27-/m1/s1. The summed E-state index contributed by atoms with van der Waals surface area (Å²) >= 11 is 0. The van der Waals surface area contributed by atoms with E-state index in [-0.39, 0.29) is 48.6 Å². The lowest BCUT2D eigenvalue weighted by atomic mass is 10.0. The van der Waals surface area contributed by atoms with E-state index in [0.717, 1.165) is 0 Å². The Balaban J connectivity index is 1.64. The zero-order chi connectivity index (χ0) is 30.2. The molecule has 2 N–H and O–H groups in total. The summed E-state index contributed by atoms with van der Waals surface area (Å²) in [6.07, 6.45) is 3.92. The molecule has 1 aliphatic rings. The molecule has 1 aliphatic heterocycles. The van der Waals surface area contributed by atoms with Crippen molar-refractivity contribution in [3.8, 4) is 11.5 Å². The fourth-order valence-electron chi connectivity index (χ4n) is 4.68. The molecule has 42 heavy (non-hydrogen) atoms. The van der Waals surface area contributed by atoms with E-state index in [1.165, 1.54) is 18.6 Å². The van der Waals surface area contributed by atoms with Gasteiger partial charge in [-0.3, -0.25) is 14.6 Å². The van der Waals surface area contributed by atoms with E-state index < -0.39 is 11.9 Å². The summed E-state index contributed by atoms with van der Waals surface area (Å²) in [4.78, 5) is 51.0. The maximum atomic E-state index is 13.6. The van der Waals surface area contributed by atoms with Crippen LogP contribution in [-0.4, -0.2) is 90.7 Å². The number of anilines is 2. The van der Waals surface area contributed by atoms with Crippen LogP contribution in [0, 0.1) is 5.92 Å². The largest absolute Gasteiger partial charge is 0.495 e. The van der Waals surface area contributed by atoms with E-state index in [1.807, 2.05) is 26.0 Å². The lowest BCUT2D eigenvalue weighted by Crippen LogP contribution is -2.50. The molecule has 12 nitrogen and oxygen atoms in total. The number of para-hydroxylation sites is 2. The van der Waals surface area contributed by atoms with Crippen LogP contribution in [0.5, 0.6) is 11.5 Å². The summed E-state index contributed by atoms with van der Waals surface area (Å²) < 4.78 is 17.4. The Bertz CT molecular complexity index is 1400. The Kier molecular flexibility index (Phi) is 9.92. The summed E-state index contributed by atoms with van der Waals surface area (Å²) in [5, 5.41) is 5.72. The highest BCUT2D eigenvalue weighted by atomic mass is 16.5. The van der Waals surface area contributed by atoms with Crippen molar-refractivity contribution in [2.24, 2.45) is 5.92 Å². The second-order valence-corrected chi connectivity index (χ2v) is 10.1. The molecule has 4 amide bonds. The first-order chi connectivity index (χ1) is 20.2. The third-order valence-corrected chi connectivity index (χ3v) is 7.11. The van der Waals surface area contributed by atoms with Crippen molar-refractivity contribution >= 4 is 29.2 Å². The van der Waals surface area contributed by atoms with Crippen LogP contribution in [0.25, 0.3) is 0 Å². The number of carbonyl (C=O) groups excluding carboxylic acids is 3. The van der Waals surface area contributed by atoms with Crippen LogP contribution in [0.3, 0.4) is 0 Å². The van der Waals surface area contributed by atoms with Crippen molar-refractivity contribution in [1.82, 2.24) is 19.8 Å². The average molecular weight is 577 g/mol. The molecule has 0 radical (unpaired) electrons. The summed E-state index contributed by atoms with van der Waals surface area (Å²) in [7, 11) is 4.83. The molecule has 0 saturated carbocycles. The Labute approximate surface area is 245 Å². The van der Waals surface area contributed by atoms with Crippen LogP contribution in [-0.2, 0) is 4.74 Å². The maximum Gasteiger partial charge on any atom is 0.322 e. The van der Waals surface area contributed by atoms with E-state index in [9.17, 15) is 14.4 Å². The van der Waals surface area contributed by atoms with Crippen LogP contribution in [0.4, 0.5) is 16.2 Å². The lowest BCUT2D eigenvalue weighted by molar-refractivity contribution is 0.0174. The van der Waals surface area contributed by atoms with Crippen LogP contribution >= 0.6 is 0 Å². The molecule has 1 aromatic heterocycles. The van der Waals surface area contributed by atoms with Gasteiger partial charge in [-0.25, -0.2) is 9.78 Å². The Hall–Kier alpha value is -4.71. The zero-order valence-corrected chi connectivity index (χ0v) is 24.4. The molecule has 2 heterocycles. The van der Waals surface area contributed by atoms with E-state index in [0.29, 0.717) is 29.2 Å². The quantitative estimate of drug-likeness (QED) is 0.469. The Morgan fingerprint density at radius 2 is 1.83 bits per heavy atom. The van der Waals surface area contributed by atoms with Gasteiger partial charge in [0.25, 0.3) is 11.8 Å². The van der Waals surface area contributed by atoms with Crippen LogP contribution in [0.2, 0.25) is 0 Å². The number of benzene rings is 2. The summed E-state index contributed by atoms with van der Waals surface area (Å²) in [5.74, 6) is -0.0248. The Morgan fingerprint density at radius 3 is 2.55 bits per heavy atom. The van der Waals surface area contributed by atoms with Gasteiger partial charge in [0.05, 0.1) is 36.7 Å². The van der Waals surface area contributed by atoms with E-state index in [1.54, 1.807) is 61.4 Å². The molecular formula is C30H36N6O6. The van der Waals surface area contributed by atoms with Gasteiger partial charge < -0.3 is 34.6 Å². The van der Waals surface area contributed by atoms with Crippen molar-refractivity contribution in [2.75, 3.05) is 51.6 Å². The number of nitrogens with zero attached hydrogens (tertiary/aromatic N) is 4. The third-order valence-electron chi connectivity index (χ3n) is 7.11. The Morgan fingerprint density at radius 1 is 1.05 bits per heavy atom. The lowest BCUT2D eigenvalue weighted by Gasteiger charge is -2.36. The van der Waals surface area contributed by atoms with Crippen molar-refractivity contribution in [1.29, 1.82) is 0 Å². The highest BCUT2D eigenvalue weighted by molar-refractivity contribution is 6.03. The molecule has 0 saturated heterocycles. The van der Waals surface area contributed by atoms with Crippen molar-refractivity contribution < 1.29 is 28.6 Å². The number of likely N-dealkylation sites (N-methyl/N-ethyl adjacent to an activating group) is 1. The van der Waals surface area contributed by atoms with Gasteiger partial charge >= 0.3 is 6.03 Å². The maximum absolute atomic E-state index is 13.6. The number of amides is 4. The van der Waals surface area contributed by atoms with E-state index in [4.69, 9.17) is 14.2 Å². The predicted octanol–water partition coefficient (Wildman–Crippen LogP) is 3.78. The number of carbonyl (C=O) groups is 3. The number of rotatable bonds is 5. The molecule has 2 aromatic carbocycles. The summed E-state index contributed by atoms with van der Waals surface area (Å²) in [5.41, 5.74) is 1.41. The SMILES string of the molecule is COc1ccccc1NC(=O)N1C[C@@H](C)[C@H](OC)CN(C)C(=O)c2ccc(NC(=O)c3cnccn3)cc2OC[C@H]1C. The van der Waals surface area contributed by atoms with Gasteiger partial charge in [-0.2, -0.15) is 0 Å². The molecule has 3 atom stereocenters. The number of nitrogens with one attached hydrogen (secondary N) is 2. The molecule has 0 unspecified atom stereocenters. The number of fused-ring (bicyclic) bond motifs is 1. The monoisotopic (exact) mass is 576 g/mol. The summed E-state index contributed by atoms with van der Waals surface area (Å²) in [6, 6.07) is 11.3. The van der Waals surface area contributed by atoms with Gasteiger partial charge in [0.15, 0.2) is 0 Å². The van der Waals surface area contributed by atoms with Gasteiger partial charge in [-0.1, -0.05) is 19.1 Å². The van der Waals surface area contributed by atoms with Crippen LogP contribution in [0.1, 0.15) is 34.7 Å². The minimum atomic E-state index is -0.455. The molecule has 4 rings (SSSR count). The number of ether oxygens (including phenoxy) is 3. The smallest absolute Gasteiger partial charge is 0.322 e. The van der Waals surface area contributed by atoms with Crippen LogP contribution in [0.15, 0.2) is 61.1 Å². The number of hydrogen-bond donors (Lipinski definition) is 2. The molecule has 0 spiro atoms. The fraction of sp³-hybridized carbons (Fsp3) is 0.367. The normalized spacial score (nSPS) is 19.5. The third kappa shape index (κ3) is 7.13. The van der Waals surface area contributed by atoms with Gasteiger partial charge in [0.2, 0.25) is 0 Å². The first-order valence-electron chi connectivity index (χ1n) is 13.5. The first kappa shape index (κ1) is 30.3. The first-order valence-corrected chi connectivity index (χ1v) is 13.5. The van der Waals surface area contributed by atoms with Crippen molar-refractivity contribution in [3.63, 3.8) is 0 Å². The number of methoxy groups -OCH3 is 2. The second-order valence-electron chi connectivity index (χ2n) is 10.1. The molecule has 3 aromatic rings. The highest BCUT2D eigenvalue weighted by Crippen LogP contribution is 2.28. The summed E-state index contributed by atoms with van der Waals surface area (Å²) in [6.45, 7) is 4.56. The van der Waals surface area contributed by atoms with Gasteiger partial charge in [0.1, 0.15) is 23.8 Å².